The van der Waals surface area contributed by atoms with Crippen molar-refractivity contribution in [1.82, 2.24) is 9.88 Å². The molecule has 0 saturated carbocycles. The predicted octanol–water partition coefficient (Wildman–Crippen LogP) is 4.74. The van der Waals surface area contributed by atoms with Crippen LogP contribution in [0.3, 0.4) is 0 Å². The number of morpholine rings is 1. The summed E-state index contributed by atoms with van der Waals surface area (Å²) in [6, 6.07) is 7.58. The smallest absolute Gasteiger partial charge is 0.234 e. The maximum Gasteiger partial charge on any atom is 0.234 e. The van der Waals surface area contributed by atoms with Crippen LogP contribution in [0.1, 0.15) is 11.3 Å². The second-order valence-electron chi connectivity index (χ2n) is 7.03. The Bertz CT molecular complexity index is 991. The minimum absolute atomic E-state index is 0. The third-order valence-electron chi connectivity index (χ3n) is 5.06. The molecule has 1 fully saturated rings. The maximum atomic E-state index is 13.2. The van der Waals surface area contributed by atoms with Crippen molar-refractivity contribution >= 4 is 67.9 Å². The Morgan fingerprint density at radius 1 is 1.32 bits per heavy atom. The molecule has 10 heteroatoms. The number of amides is 1. The quantitative estimate of drug-likeness (QED) is 0.446. The molecule has 168 valence electrons. The van der Waals surface area contributed by atoms with Gasteiger partial charge in [-0.05, 0) is 30.0 Å². The van der Waals surface area contributed by atoms with Gasteiger partial charge in [-0.2, -0.15) is 0 Å². The number of fused-ring (bicyclic) bond motifs is 1. The Hall–Kier alpha value is -1.42. The van der Waals surface area contributed by atoms with Crippen molar-refractivity contribution in [3.63, 3.8) is 0 Å². The Balaban J connectivity index is 0.00000272. The lowest BCUT2D eigenvalue weighted by Gasteiger charge is -2.27. The highest BCUT2D eigenvalue weighted by Crippen LogP contribution is 2.39. The van der Waals surface area contributed by atoms with Gasteiger partial charge in [0, 0.05) is 31.1 Å². The Morgan fingerprint density at radius 3 is 2.84 bits per heavy atom. The molecule has 2 aromatic heterocycles. The summed E-state index contributed by atoms with van der Waals surface area (Å²) in [7, 11) is 1.61. The molecule has 3 heterocycles. The van der Waals surface area contributed by atoms with Crippen LogP contribution in [0.5, 0.6) is 5.75 Å². The van der Waals surface area contributed by atoms with Gasteiger partial charge in [-0.1, -0.05) is 29.0 Å². The van der Waals surface area contributed by atoms with E-state index in [1.165, 1.54) is 11.3 Å². The number of thiophene rings is 1. The van der Waals surface area contributed by atoms with E-state index in [1.54, 1.807) is 29.4 Å². The maximum absolute atomic E-state index is 13.2. The fraction of sp³-hybridized carbons (Fsp3) is 0.429. The number of aromatic nitrogens is 1. The summed E-state index contributed by atoms with van der Waals surface area (Å²) in [5.74, 6) is 0.712. The Labute approximate surface area is 201 Å². The highest BCUT2D eigenvalue weighted by molar-refractivity contribution is 7.23. The second kappa shape index (κ2) is 11.4. The minimum Gasteiger partial charge on any atom is -0.494 e. The molecule has 0 aliphatic carbocycles. The number of methoxy groups -OCH3 is 1. The van der Waals surface area contributed by atoms with Gasteiger partial charge < -0.3 is 9.47 Å². The molecule has 0 unspecified atom stereocenters. The van der Waals surface area contributed by atoms with Crippen LogP contribution in [0.4, 0.5) is 5.13 Å². The first-order valence-corrected chi connectivity index (χ1v) is 12.0. The highest BCUT2D eigenvalue weighted by Gasteiger charge is 2.23. The minimum atomic E-state index is 0. The molecule has 1 saturated heterocycles. The molecular formula is C21H25Cl2N3O3S2. The fourth-order valence-electron chi connectivity index (χ4n) is 3.48. The number of carbonyl (C=O) groups is 1. The topological polar surface area (TPSA) is 54.9 Å². The normalized spacial score (nSPS) is 14.4. The molecule has 4 rings (SSSR count). The van der Waals surface area contributed by atoms with Crippen LogP contribution in [0.15, 0.2) is 29.6 Å². The van der Waals surface area contributed by atoms with Crippen molar-refractivity contribution < 1.29 is 14.3 Å². The Kier molecular flexibility index (Phi) is 8.95. The molecule has 0 bridgehead atoms. The first-order chi connectivity index (χ1) is 14.7. The zero-order valence-electron chi connectivity index (χ0n) is 17.2. The molecule has 0 radical (unpaired) electrons. The molecule has 0 atom stereocenters. The van der Waals surface area contributed by atoms with Crippen LogP contribution in [0, 0.1) is 0 Å². The van der Waals surface area contributed by atoms with E-state index >= 15 is 0 Å². The van der Waals surface area contributed by atoms with Crippen LogP contribution < -0.4 is 9.64 Å². The van der Waals surface area contributed by atoms with Crippen molar-refractivity contribution in [3.05, 3.63) is 39.5 Å². The summed E-state index contributed by atoms with van der Waals surface area (Å²) < 4.78 is 11.7. The van der Waals surface area contributed by atoms with Crippen LogP contribution in [-0.2, 0) is 16.0 Å². The van der Waals surface area contributed by atoms with Gasteiger partial charge in [0.2, 0.25) is 5.91 Å². The molecule has 0 spiro atoms. The molecule has 0 N–H and O–H groups in total. The molecule has 1 amide bonds. The van der Waals surface area contributed by atoms with E-state index in [9.17, 15) is 4.79 Å². The lowest BCUT2D eigenvalue weighted by Crippen LogP contribution is -2.39. The average molecular weight is 502 g/mol. The molecule has 1 aromatic carbocycles. The van der Waals surface area contributed by atoms with Gasteiger partial charge in [0.25, 0.3) is 0 Å². The van der Waals surface area contributed by atoms with Gasteiger partial charge in [-0.15, -0.1) is 23.7 Å². The van der Waals surface area contributed by atoms with Crippen LogP contribution in [0.2, 0.25) is 5.02 Å². The number of halogens is 2. The van der Waals surface area contributed by atoms with E-state index in [2.05, 4.69) is 4.90 Å². The van der Waals surface area contributed by atoms with Gasteiger partial charge in [-0.3, -0.25) is 14.6 Å². The summed E-state index contributed by atoms with van der Waals surface area (Å²) in [6.45, 7) is 4.98. The molecular weight excluding hydrogens is 477 g/mol. The number of carbonyl (C=O) groups excluding carboxylic acids is 1. The first-order valence-electron chi connectivity index (χ1n) is 9.91. The number of thiazole rings is 1. The second-order valence-corrected chi connectivity index (χ2v) is 9.45. The third-order valence-corrected chi connectivity index (χ3v) is 7.48. The van der Waals surface area contributed by atoms with E-state index in [0.29, 0.717) is 34.4 Å². The third kappa shape index (κ3) is 5.88. The Morgan fingerprint density at radius 2 is 2.13 bits per heavy atom. The zero-order valence-corrected chi connectivity index (χ0v) is 20.4. The lowest BCUT2D eigenvalue weighted by molar-refractivity contribution is -0.118. The monoisotopic (exact) mass is 501 g/mol. The summed E-state index contributed by atoms with van der Waals surface area (Å²) in [4.78, 5) is 23.2. The van der Waals surface area contributed by atoms with Gasteiger partial charge in [0.05, 0.1) is 36.5 Å². The summed E-state index contributed by atoms with van der Waals surface area (Å²) in [5, 5.41) is 3.28. The zero-order chi connectivity index (χ0) is 20.9. The number of nitrogens with zero attached hydrogens (tertiary/aromatic N) is 3. The summed E-state index contributed by atoms with van der Waals surface area (Å²) in [5.41, 5.74) is 0.701. The average Bonchev–Trinajstić information content (AvgIpc) is 3.43. The van der Waals surface area contributed by atoms with Crippen LogP contribution >= 0.6 is 46.7 Å². The van der Waals surface area contributed by atoms with Crippen molar-refractivity contribution in [2.24, 2.45) is 0 Å². The van der Waals surface area contributed by atoms with Gasteiger partial charge in [-0.25, -0.2) is 4.98 Å². The van der Waals surface area contributed by atoms with Crippen molar-refractivity contribution in [1.29, 1.82) is 0 Å². The number of hydrogen-bond acceptors (Lipinski definition) is 7. The van der Waals surface area contributed by atoms with Gasteiger partial charge in [0.15, 0.2) is 5.13 Å². The predicted molar refractivity (Wildman–Crippen MR) is 131 cm³/mol. The summed E-state index contributed by atoms with van der Waals surface area (Å²) in [6.07, 6.45) is 1.24. The summed E-state index contributed by atoms with van der Waals surface area (Å²) >= 11 is 9.44. The van der Waals surface area contributed by atoms with Crippen LogP contribution in [-0.4, -0.2) is 62.3 Å². The molecule has 1 aliphatic rings. The van der Waals surface area contributed by atoms with Gasteiger partial charge >= 0.3 is 0 Å². The number of rotatable bonds is 8. The number of ether oxygens (including phenoxy) is 2. The van der Waals surface area contributed by atoms with E-state index in [1.807, 2.05) is 23.6 Å². The fourth-order valence-corrected chi connectivity index (χ4v) is 5.48. The van der Waals surface area contributed by atoms with E-state index < -0.39 is 0 Å². The lowest BCUT2D eigenvalue weighted by atomic mass is 10.3. The largest absolute Gasteiger partial charge is 0.494 e. The highest BCUT2D eigenvalue weighted by atomic mass is 35.5. The molecule has 1 aliphatic heterocycles. The number of benzene rings is 1. The molecule has 31 heavy (non-hydrogen) atoms. The number of hydrogen-bond donors (Lipinski definition) is 0. The first kappa shape index (κ1) is 24.2. The van der Waals surface area contributed by atoms with Gasteiger partial charge in [0.1, 0.15) is 11.3 Å². The van der Waals surface area contributed by atoms with E-state index in [-0.39, 0.29) is 18.3 Å². The van der Waals surface area contributed by atoms with Crippen molar-refractivity contribution in [3.8, 4) is 5.75 Å². The van der Waals surface area contributed by atoms with Crippen molar-refractivity contribution in [2.75, 3.05) is 51.4 Å². The van der Waals surface area contributed by atoms with Crippen molar-refractivity contribution in [2.45, 2.75) is 12.8 Å². The molecule has 6 nitrogen and oxygen atoms in total. The number of anilines is 1. The molecule has 3 aromatic rings. The van der Waals surface area contributed by atoms with E-state index in [4.69, 9.17) is 26.1 Å². The van der Waals surface area contributed by atoms with Crippen LogP contribution in [0.25, 0.3) is 10.2 Å². The standard InChI is InChI=1S/C21H24ClN3O3S2.ClH/c1-27-17-6-5-16(22)20-19(17)23-21(30-20)25(18(26)14-15-4-2-13-29-15)8-3-7-24-9-11-28-12-10-24;/h2,4-6,13H,3,7-12,14H2,1H3;1H. The SMILES string of the molecule is COc1ccc(Cl)c2sc(N(CCCN3CCOCC3)C(=O)Cc3cccs3)nc12.Cl. The van der Waals surface area contributed by atoms with E-state index in [0.717, 1.165) is 48.8 Å².